The second kappa shape index (κ2) is 7.55. The summed E-state index contributed by atoms with van der Waals surface area (Å²) in [5.74, 6) is -0.140. The first kappa shape index (κ1) is 16.7. The van der Waals surface area contributed by atoms with Crippen molar-refractivity contribution in [3.63, 3.8) is 0 Å². The third-order valence-electron chi connectivity index (χ3n) is 2.96. The van der Waals surface area contributed by atoms with Gasteiger partial charge in [0.25, 0.3) is 10.0 Å². The monoisotopic (exact) mass is 331 g/mol. The molecule has 0 spiro atoms. The van der Waals surface area contributed by atoms with Gasteiger partial charge in [0.1, 0.15) is 0 Å². The molecule has 0 bridgehead atoms. The van der Waals surface area contributed by atoms with Crippen LogP contribution in [0.2, 0.25) is 0 Å². The summed E-state index contributed by atoms with van der Waals surface area (Å²) in [7, 11) is -3.71. The Hall–Kier alpha value is -2.67. The highest BCUT2D eigenvalue weighted by Gasteiger charge is 2.12. The summed E-state index contributed by atoms with van der Waals surface area (Å²) in [4.78, 5) is 13.1. The Balaban J connectivity index is 2.01. The van der Waals surface area contributed by atoms with Gasteiger partial charge >= 0.3 is 0 Å². The van der Waals surface area contributed by atoms with Gasteiger partial charge in [-0.2, -0.15) is 13.5 Å². The number of amides is 1. The van der Waals surface area contributed by atoms with Crippen molar-refractivity contribution >= 4 is 22.1 Å². The van der Waals surface area contributed by atoms with Gasteiger partial charge in [0, 0.05) is 13.5 Å². The van der Waals surface area contributed by atoms with E-state index < -0.39 is 10.0 Å². The van der Waals surface area contributed by atoms with Crippen molar-refractivity contribution < 1.29 is 13.2 Å². The van der Waals surface area contributed by atoms with E-state index in [4.69, 9.17) is 0 Å². The minimum Gasteiger partial charge on any atom is -0.352 e. The van der Waals surface area contributed by atoms with E-state index in [1.54, 1.807) is 12.1 Å². The molecule has 0 aromatic heterocycles. The molecule has 120 valence electrons. The van der Waals surface area contributed by atoms with Crippen LogP contribution in [-0.2, 0) is 21.4 Å². The number of hydrogen-bond donors (Lipinski definition) is 2. The fourth-order valence-corrected chi connectivity index (χ4v) is 2.57. The highest BCUT2D eigenvalue weighted by atomic mass is 32.2. The highest BCUT2D eigenvalue weighted by Crippen LogP contribution is 2.10. The molecular formula is C16H17N3O3S. The maximum absolute atomic E-state index is 12.1. The number of hydrogen-bond acceptors (Lipinski definition) is 4. The zero-order valence-corrected chi connectivity index (χ0v) is 13.4. The van der Waals surface area contributed by atoms with Crippen molar-refractivity contribution in [2.45, 2.75) is 18.4 Å². The van der Waals surface area contributed by atoms with Gasteiger partial charge in [-0.05, 0) is 23.3 Å². The summed E-state index contributed by atoms with van der Waals surface area (Å²) < 4.78 is 24.2. The zero-order valence-electron chi connectivity index (χ0n) is 12.6. The Kier molecular flexibility index (Phi) is 5.48. The van der Waals surface area contributed by atoms with Crippen molar-refractivity contribution in [1.82, 2.24) is 10.1 Å². The van der Waals surface area contributed by atoms with E-state index in [1.807, 2.05) is 30.3 Å². The maximum atomic E-state index is 12.1. The molecule has 0 saturated heterocycles. The minimum absolute atomic E-state index is 0.106. The van der Waals surface area contributed by atoms with Gasteiger partial charge in [0.15, 0.2) is 0 Å². The largest absolute Gasteiger partial charge is 0.352 e. The lowest BCUT2D eigenvalue weighted by Gasteiger charge is -2.06. The molecule has 23 heavy (non-hydrogen) atoms. The van der Waals surface area contributed by atoms with Crippen molar-refractivity contribution in [1.29, 1.82) is 0 Å². The standard InChI is InChI=1S/C16H17N3O3S/c1-13(20)17-11-15-7-9-16(10-8-15)23(21,22)19-18-12-14-5-3-2-4-6-14/h2-10,12,19H,11H2,1H3,(H,17,20). The zero-order chi connectivity index (χ0) is 16.7. The molecule has 2 N–H and O–H groups in total. The highest BCUT2D eigenvalue weighted by molar-refractivity contribution is 7.89. The van der Waals surface area contributed by atoms with Crippen LogP contribution < -0.4 is 10.1 Å². The molecular weight excluding hydrogens is 314 g/mol. The first-order valence-electron chi connectivity index (χ1n) is 6.91. The average molecular weight is 331 g/mol. The summed E-state index contributed by atoms with van der Waals surface area (Å²) in [5.41, 5.74) is 1.60. The lowest BCUT2D eigenvalue weighted by Crippen LogP contribution is -2.20. The van der Waals surface area contributed by atoms with E-state index >= 15 is 0 Å². The predicted molar refractivity (Wildman–Crippen MR) is 88.3 cm³/mol. The van der Waals surface area contributed by atoms with Crippen LogP contribution in [0.3, 0.4) is 0 Å². The van der Waals surface area contributed by atoms with E-state index in [0.717, 1.165) is 11.1 Å². The second-order valence-corrected chi connectivity index (χ2v) is 6.48. The van der Waals surface area contributed by atoms with E-state index in [-0.39, 0.29) is 10.8 Å². The third kappa shape index (κ3) is 5.23. The average Bonchev–Trinajstić information content (AvgIpc) is 2.54. The molecule has 0 heterocycles. The Morgan fingerprint density at radius 3 is 2.35 bits per heavy atom. The van der Waals surface area contributed by atoms with E-state index in [1.165, 1.54) is 25.3 Å². The summed E-state index contributed by atoms with van der Waals surface area (Å²) in [6.45, 7) is 1.78. The van der Waals surface area contributed by atoms with Gasteiger partial charge in [-0.25, -0.2) is 4.83 Å². The van der Waals surface area contributed by atoms with Gasteiger partial charge in [0.05, 0.1) is 11.1 Å². The van der Waals surface area contributed by atoms with Crippen LogP contribution in [0, 0.1) is 0 Å². The maximum Gasteiger partial charge on any atom is 0.276 e. The van der Waals surface area contributed by atoms with Crippen LogP contribution in [-0.4, -0.2) is 20.5 Å². The smallest absolute Gasteiger partial charge is 0.276 e. The van der Waals surface area contributed by atoms with Crippen LogP contribution in [0.4, 0.5) is 0 Å². The molecule has 1 amide bonds. The molecule has 0 aliphatic heterocycles. The summed E-state index contributed by atoms with van der Waals surface area (Å²) in [5, 5.41) is 6.40. The molecule has 6 nitrogen and oxygen atoms in total. The number of benzene rings is 2. The van der Waals surface area contributed by atoms with Gasteiger partial charge in [0.2, 0.25) is 5.91 Å². The van der Waals surface area contributed by atoms with Gasteiger partial charge in [-0.1, -0.05) is 42.5 Å². The topological polar surface area (TPSA) is 87.6 Å². The lowest BCUT2D eigenvalue weighted by molar-refractivity contribution is -0.119. The minimum atomic E-state index is -3.71. The SMILES string of the molecule is CC(=O)NCc1ccc(S(=O)(=O)NN=Cc2ccccc2)cc1. The molecule has 0 saturated carbocycles. The second-order valence-electron chi connectivity index (χ2n) is 4.82. The molecule has 0 aliphatic rings. The summed E-state index contributed by atoms with van der Waals surface area (Å²) in [6.07, 6.45) is 1.43. The van der Waals surface area contributed by atoms with Crippen LogP contribution >= 0.6 is 0 Å². The molecule has 0 aliphatic carbocycles. The predicted octanol–water partition coefficient (Wildman–Crippen LogP) is 1.64. The van der Waals surface area contributed by atoms with E-state index in [0.29, 0.717) is 6.54 Å². The molecule has 2 aromatic carbocycles. The first-order chi connectivity index (χ1) is 11.0. The number of carbonyl (C=O) groups excluding carboxylic acids is 1. The van der Waals surface area contributed by atoms with Crippen molar-refractivity contribution in [2.75, 3.05) is 0 Å². The lowest BCUT2D eigenvalue weighted by atomic mass is 10.2. The Labute approximate surface area is 135 Å². The Morgan fingerprint density at radius 2 is 1.74 bits per heavy atom. The number of rotatable bonds is 6. The van der Waals surface area contributed by atoms with Crippen LogP contribution in [0.15, 0.2) is 64.6 Å². The number of hydrazone groups is 1. The number of nitrogens with one attached hydrogen (secondary N) is 2. The van der Waals surface area contributed by atoms with Crippen molar-refractivity contribution in [3.05, 3.63) is 65.7 Å². The number of nitrogens with zero attached hydrogens (tertiary/aromatic N) is 1. The molecule has 0 atom stereocenters. The molecule has 0 radical (unpaired) electrons. The molecule has 7 heteroatoms. The van der Waals surface area contributed by atoms with E-state index in [9.17, 15) is 13.2 Å². The van der Waals surface area contributed by atoms with Crippen LogP contribution in [0.25, 0.3) is 0 Å². The molecule has 0 unspecified atom stereocenters. The quantitative estimate of drug-likeness (QED) is 0.623. The first-order valence-corrected chi connectivity index (χ1v) is 8.39. The summed E-state index contributed by atoms with van der Waals surface area (Å²) >= 11 is 0. The van der Waals surface area contributed by atoms with Crippen LogP contribution in [0.5, 0.6) is 0 Å². The summed E-state index contributed by atoms with van der Waals surface area (Å²) in [6, 6.07) is 15.4. The number of carbonyl (C=O) groups is 1. The van der Waals surface area contributed by atoms with Crippen LogP contribution in [0.1, 0.15) is 18.1 Å². The molecule has 2 aromatic rings. The fourth-order valence-electron chi connectivity index (χ4n) is 1.78. The Morgan fingerprint density at radius 1 is 1.09 bits per heavy atom. The normalized spacial score (nSPS) is 11.3. The fraction of sp³-hybridized carbons (Fsp3) is 0.125. The number of sulfonamides is 1. The van der Waals surface area contributed by atoms with Gasteiger partial charge < -0.3 is 5.32 Å². The third-order valence-corrected chi connectivity index (χ3v) is 4.20. The van der Waals surface area contributed by atoms with Gasteiger partial charge in [-0.3, -0.25) is 4.79 Å². The van der Waals surface area contributed by atoms with Crippen molar-refractivity contribution in [3.8, 4) is 0 Å². The van der Waals surface area contributed by atoms with Gasteiger partial charge in [-0.15, -0.1) is 0 Å². The Bertz CT molecular complexity index is 785. The molecule has 2 rings (SSSR count). The van der Waals surface area contributed by atoms with Crippen molar-refractivity contribution in [2.24, 2.45) is 5.10 Å². The molecule has 0 fully saturated rings. The van der Waals surface area contributed by atoms with E-state index in [2.05, 4.69) is 15.2 Å².